The summed E-state index contributed by atoms with van der Waals surface area (Å²) in [4.78, 5) is 14.5. The Morgan fingerprint density at radius 1 is 1.62 bits per heavy atom. The fourth-order valence-corrected chi connectivity index (χ4v) is 3.03. The third-order valence-corrected chi connectivity index (χ3v) is 4.44. The molecule has 1 aliphatic carbocycles. The van der Waals surface area contributed by atoms with Crippen molar-refractivity contribution < 1.29 is 4.79 Å². The van der Waals surface area contributed by atoms with Crippen LogP contribution in [0.25, 0.3) is 0 Å². The number of hydrogen-bond acceptors (Lipinski definition) is 3. The minimum absolute atomic E-state index is 0.112. The van der Waals surface area contributed by atoms with Gasteiger partial charge < -0.3 is 10.6 Å². The van der Waals surface area contributed by atoms with Gasteiger partial charge in [0.15, 0.2) is 0 Å². The molecule has 0 aliphatic heterocycles. The molecule has 0 spiro atoms. The van der Waals surface area contributed by atoms with Crippen LogP contribution >= 0.6 is 24.0 Å². The van der Waals surface area contributed by atoms with Gasteiger partial charge in [-0.2, -0.15) is 11.8 Å². The molecule has 1 atom stereocenters. The molecular weight excluding hydrogens is 240 g/mol. The summed E-state index contributed by atoms with van der Waals surface area (Å²) in [5, 5.41) is 0. The van der Waals surface area contributed by atoms with Crippen molar-refractivity contribution in [2.75, 3.05) is 19.1 Å². The van der Waals surface area contributed by atoms with E-state index >= 15 is 0 Å². The summed E-state index contributed by atoms with van der Waals surface area (Å²) >= 11 is 6.76. The van der Waals surface area contributed by atoms with Crippen molar-refractivity contribution in [3.63, 3.8) is 0 Å². The first kappa shape index (κ1) is 13.8. The molecule has 0 aromatic rings. The van der Waals surface area contributed by atoms with Gasteiger partial charge in [-0.05, 0) is 25.5 Å². The Balaban J connectivity index is 2.70. The van der Waals surface area contributed by atoms with Gasteiger partial charge in [0.05, 0.1) is 10.4 Å². The highest BCUT2D eigenvalue weighted by Gasteiger charge is 2.54. The van der Waals surface area contributed by atoms with E-state index in [1.807, 2.05) is 11.9 Å². The second-order valence-electron chi connectivity index (χ2n) is 4.38. The number of rotatable bonds is 6. The molecule has 16 heavy (non-hydrogen) atoms. The van der Waals surface area contributed by atoms with Gasteiger partial charge in [0.25, 0.3) is 0 Å². The maximum Gasteiger partial charge on any atom is 0.235 e. The Labute approximate surface area is 107 Å². The van der Waals surface area contributed by atoms with Crippen LogP contribution in [0.3, 0.4) is 0 Å². The number of nitrogens with zero attached hydrogens (tertiary/aromatic N) is 1. The highest BCUT2D eigenvalue weighted by Crippen LogP contribution is 2.47. The second-order valence-corrected chi connectivity index (χ2v) is 5.73. The molecule has 1 unspecified atom stereocenters. The van der Waals surface area contributed by atoms with E-state index in [1.165, 1.54) is 0 Å². The number of thiocarbonyl (C=S) groups is 1. The normalized spacial score (nSPS) is 18.9. The number of amides is 1. The van der Waals surface area contributed by atoms with Crippen molar-refractivity contribution in [3.8, 4) is 0 Å². The van der Waals surface area contributed by atoms with E-state index in [0.29, 0.717) is 4.99 Å². The standard InChI is InChI=1S/C11H20N2OS2/c1-4-8(7-16-3)13(2)10(14)11(5-6-11)9(12)15/h8H,4-7H2,1-3H3,(H2,12,15). The summed E-state index contributed by atoms with van der Waals surface area (Å²) in [5.74, 6) is 1.08. The van der Waals surface area contributed by atoms with Gasteiger partial charge in [-0.3, -0.25) is 4.79 Å². The molecule has 5 heteroatoms. The Kier molecular flexibility index (Phi) is 4.62. The van der Waals surface area contributed by atoms with Gasteiger partial charge in [0, 0.05) is 18.8 Å². The first-order valence-electron chi connectivity index (χ1n) is 5.55. The lowest BCUT2D eigenvalue weighted by Crippen LogP contribution is -2.46. The number of nitrogens with two attached hydrogens (primary N) is 1. The third kappa shape index (κ3) is 2.51. The fraction of sp³-hybridized carbons (Fsp3) is 0.818. The second kappa shape index (κ2) is 5.36. The lowest BCUT2D eigenvalue weighted by Gasteiger charge is -2.30. The summed E-state index contributed by atoms with van der Waals surface area (Å²) in [6.07, 6.45) is 4.67. The van der Waals surface area contributed by atoms with E-state index in [0.717, 1.165) is 25.0 Å². The van der Waals surface area contributed by atoms with E-state index in [2.05, 4.69) is 13.2 Å². The maximum atomic E-state index is 12.3. The van der Waals surface area contributed by atoms with Crippen LogP contribution in [-0.2, 0) is 4.79 Å². The van der Waals surface area contributed by atoms with E-state index in [1.54, 1.807) is 11.8 Å². The molecule has 92 valence electrons. The molecule has 1 rings (SSSR count). The van der Waals surface area contributed by atoms with Crippen LogP contribution in [0.1, 0.15) is 26.2 Å². The van der Waals surface area contributed by atoms with E-state index < -0.39 is 5.41 Å². The van der Waals surface area contributed by atoms with Crippen LogP contribution in [0.4, 0.5) is 0 Å². The first-order chi connectivity index (χ1) is 7.49. The van der Waals surface area contributed by atoms with Crippen LogP contribution in [-0.4, -0.2) is 40.9 Å². The molecule has 0 radical (unpaired) electrons. The third-order valence-electron chi connectivity index (χ3n) is 3.33. The predicted octanol–water partition coefficient (Wildman–Crippen LogP) is 1.65. The number of thioether (sulfide) groups is 1. The Morgan fingerprint density at radius 2 is 2.19 bits per heavy atom. The van der Waals surface area contributed by atoms with Crippen molar-refractivity contribution in [2.45, 2.75) is 32.2 Å². The summed E-state index contributed by atoms with van der Waals surface area (Å²) in [6.45, 7) is 2.10. The zero-order valence-electron chi connectivity index (χ0n) is 10.2. The minimum atomic E-state index is -0.504. The summed E-state index contributed by atoms with van der Waals surface area (Å²) in [7, 11) is 1.87. The molecule has 0 bridgehead atoms. The average molecular weight is 260 g/mol. The lowest BCUT2D eigenvalue weighted by atomic mass is 10.0. The molecule has 0 aromatic heterocycles. The molecule has 0 heterocycles. The van der Waals surface area contributed by atoms with Crippen LogP contribution in [0.15, 0.2) is 0 Å². The molecule has 1 fully saturated rings. The Hall–Kier alpha value is -0.290. The van der Waals surface area contributed by atoms with E-state index in [9.17, 15) is 4.79 Å². The van der Waals surface area contributed by atoms with Gasteiger partial charge >= 0.3 is 0 Å². The highest BCUT2D eigenvalue weighted by molar-refractivity contribution is 7.98. The SMILES string of the molecule is CCC(CSC)N(C)C(=O)C1(C(N)=S)CC1. The van der Waals surface area contributed by atoms with Crippen LogP contribution in [0, 0.1) is 5.41 Å². The smallest absolute Gasteiger partial charge is 0.235 e. The van der Waals surface area contributed by atoms with Crippen molar-refractivity contribution in [3.05, 3.63) is 0 Å². The van der Waals surface area contributed by atoms with Crippen LogP contribution < -0.4 is 5.73 Å². The van der Waals surface area contributed by atoms with Gasteiger partial charge in [0.2, 0.25) is 5.91 Å². The van der Waals surface area contributed by atoms with Gasteiger partial charge in [0.1, 0.15) is 0 Å². The monoisotopic (exact) mass is 260 g/mol. The van der Waals surface area contributed by atoms with Crippen molar-refractivity contribution >= 4 is 34.9 Å². The van der Waals surface area contributed by atoms with Gasteiger partial charge in [-0.15, -0.1) is 0 Å². The predicted molar refractivity (Wildman–Crippen MR) is 73.7 cm³/mol. The average Bonchev–Trinajstić information content (AvgIpc) is 3.05. The first-order valence-corrected chi connectivity index (χ1v) is 7.36. The topological polar surface area (TPSA) is 46.3 Å². The molecule has 0 saturated heterocycles. The fourth-order valence-electron chi connectivity index (χ4n) is 1.89. The molecule has 1 aliphatic rings. The van der Waals surface area contributed by atoms with E-state index in [4.69, 9.17) is 18.0 Å². The van der Waals surface area contributed by atoms with E-state index in [-0.39, 0.29) is 11.9 Å². The highest BCUT2D eigenvalue weighted by atomic mass is 32.2. The number of carbonyl (C=O) groups is 1. The van der Waals surface area contributed by atoms with Crippen LogP contribution in [0.5, 0.6) is 0 Å². The Bertz CT molecular complexity index is 290. The number of hydrogen-bond donors (Lipinski definition) is 1. The molecule has 1 amide bonds. The Morgan fingerprint density at radius 3 is 2.50 bits per heavy atom. The van der Waals surface area contributed by atoms with Crippen molar-refractivity contribution in [1.29, 1.82) is 0 Å². The molecule has 0 aromatic carbocycles. The van der Waals surface area contributed by atoms with Gasteiger partial charge in [-0.25, -0.2) is 0 Å². The zero-order chi connectivity index (χ0) is 12.3. The lowest BCUT2D eigenvalue weighted by molar-refractivity contribution is -0.134. The van der Waals surface area contributed by atoms with Crippen molar-refractivity contribution in [1.82, 2.24) is 4.90 Å². The largest absolute Gasteiger partial charge is 0.392 e. The van der Waals surface area contributed by atoms with Crippen molar-refractivity contribution in [2.24, 2.45) is 11.1 Å². The molecule has 2 N–H and O–H groups in total. The summed E-state index contributed by atoms with van der Waals surface area (Å²) in [5.41, 5.74) is 5.16. The maximum absolute atomic E-state index is 12.3. The molecule has 3 nitrogen and oxygen atoms in total. The summed E-state index contributed by atoms with van der Waals surface area (Å²) < 4.78 is 0. The zero-order valence-corrected chi connectivity index (χ0v) is 11.8. The molecule has 1 saturated carbocycles. The number of carbonyl (C=O) groups excluding carboxylic acids is 1. The van der Waals surface area contributed by atoms with Crippen LogP contribution in [0.2, 0.25) is 0 Å². The minimum Gasteiger partial charge on any atom is -0.392 e. The summed E-state index contributed by atoms with van der Waals surface area (Å²) in [6, 6.07) is 0.286. The van der Waals surface area contributed by atoms with Gasteiger partial charge in [-0.1, -0.05) is 19.1 Å². The molecular formula is C11H20N2OS2. The quantitative estimate of drug-likeness (QED) is 0.738.